The van der Waals surface area contributed by atoms with Crippen LogP contribution in [0.5, 0.6) is 0 Å². The van der Waals surface area contributed by atoms with Crippen LogP contribution < -0.4 is 5.32 Å². The molecule has 168 valence electrons. The molecule has 1 unspecified atom stereocenters. The first kappa shape index (κ1) is 24.2. The van der Waals surface area contributed by atoms with Crippen molar-refractivity contribution in [3.8, 4) is 0 Å². The van der Waals surface area contributed by atoms with Gasteiger partial charge in [0, 0.05) is 27.1 Å². The molecule has 2 aliphatic heterocycles. The van der Waals surface area contributed by atoms with Crippen LogP contribution in [0.2, 0.25) is 5.02 Å². The molecule has 1 N–H and O–H groups in total. The summed E-state index contributed by atoms with van der Waals surface area (Å²) in [7, 11) is 0. The zero-order valence-corrected chi connectivity index (χ0v) is 21.1. The van der Waals surface area contributed by atoms with Gasteiger partial charge < -0.3 is 10.2 Å². The van der Waals surface area contributed by atoms with E-state index in [2.05, 4.69) is 66.4 Å². The lowest BCUT2D eigenvalue weighted by Gasteiger charge is -2.40. The number of nitrogens with zero attached hydrogens (tertiary/aromatic N) is 1. The Hall–Kier alpha value is -1.42. The fraction of sp³-hybridized carbons (Fsp3) is 0.481. The van der Waals surface area contributed by atoms with E-state index < -0.39 is 0 Å². The van der Waals surface area contributed by atoms with Crippen molar-refractivity contribution in [3.63, 3.8) is 0 Å². The molecule has 31 heavy (non-hydrogen) atoms. The third-order valence-corrected chi connectivity index (χ3v) is 8.03. The van der Waals surface area contributed by atoms with Gasteiger partial charge in [-0.2, -0.15) is 11.8 Å². The minimum absolute atomic E-state index is 0.0561. The lowest BCUT2D eigenvalue weighted by Crippen LogP contribution is -2.43. The zero-order valence-electron chi connectivity index (χ0n) is 19.5. The number of piperidine rings is 1. The molecular weight excluding hydrogens is 420 g/mol. The number of allylic oxidation sites excluding steroid dienone is 1. The molecule has 0 saturated carbocycles. The molecule has 1 fully saturated rings. The van der Waals surface area contributed by atoms with Crippen LogP contribution in [0.3, 0.4) is 0 Å². The van der Waals surface area contributed by atoms with E-state index >= 15 is 0 Å². The van der Waals surface area contributed by atoms with Gasteiger partial charge in [0.05, 0.1) is 0 Å². The van der Waals surface area contributed by atoms with Crippen molar-refractivity contribution in [2.45, 2.75) is 57.1 Å². The highest BCUT2D eigenvalue weighted by atomic mass is 35.5. The topological polar surface area (TPSA) is 15.3 Å². The summed E-state index contributed by atoms with van der Waals surface area (Å²) in [5.74, 6) is 0. The van der Waals surface area contributed by atoms with Gasteiger partial charge in [-0.1, -0.05) is 56.3 Å². The number of halogens is 1. The van der Waals surface area contributed by atoms with Crippen LogP contribution in [-0.4, -0.2) is 30.8 Å². The van der Waals surface area contributed by atoms with E-state index in [9.17, 15) is 0 Å². The van der Waals surface area contributed by atoms with Crippen molar-refractivity contribution in [2.24, 2.45) is 0 Å². The van der Waals surface area contributed by atoms with Crippen molar-refractivity contribution in [2.75, 3.05) is 31.2 Å². The average molecular weight is 457 g/mol. The van der Waals surface area contributed by atoms with Gasteiger partial charge in [-0.25, -0.2) is 0 Å². The molecule has 0 aromatic heterocycles. The normalized spacial score (nSPS) is 18.2. The predicted molar refractivity (Wildman–Crippen MR) is 140 cm³/mol. The van der Waals surface area contributed by atoms with Crippen molar-refractivity contribution >= 4 is 29.1 Å². The third kappa shape index (κ3) is 5.32. The SMILES string of the molecule is C=C1Nc2ccc(Cl)cc2C12CCN(CCCc1ccc(C(C)SC)cc1)CC2.CC. The Balaban J connectivity index is 0.00000132. The Morgan fingerprint density at radius 2 is 1.81 bits per heavy atom. The van der Waals surface area contributed by atoms with E-state index in [1.54, 1.807) is 0 Å². The van der Waals surface area contributed by atoms with Crippen molar-refractivity contribution < 1.29 is 0 Å². The highest BCUT2D eigenvalue weighted by molar-refractivity contribution is 7.98. The van der Waals surface area contributed by atoms with E-state index in [1.807, 2.05) is 31.7 Å². The van der Waals surface area contributed by atoms with E-state index in [1.165, 1.54) is 35.3 Å². The standard InChI is InChI=1S/C25H31ClN2S.C2H6/c1-18(29-3)21-8-6-20(7-9-21)5-4-14-28-15-12-25(13-16-28)19(2)27-24-11-10-22(26)17-23(24)25;1-2/h6-11,17-18,27H,2,4-5,12-16H2,1,3H3;1-2H3. The Morgan fingerprint density at radius 1 is 1.13 bits per heavy atom. The van der Waals surface area contributed by atoms with Crippen molar-refractivity contribution in [3.05, 3.63) is 76.5 Å². The number of hydrogen-bond donors (Lipinski definition) is 1. The average Bonchev–Trinajstić information content (AvgIpc) is 3.07. The minimum Gasteiger partial charge on any atom is -0.358 e. The molecule has 4 heteroatoms. The third-order valence-electron chi connectivity index (χ3n) is 6.81. The maximum absolute atomic E-state index is 6.30. The lowest BCUT2D eigenvalue weighted by atomic mass is 9.72. The van der Waals surface area contributed by atoms with Gasteiger partial charge in [0.15, 0.2) is 0 Å². The van der Waals surface area contributed by atoms with Crippen LogP contribution in [0.15, 0.2) is 54.7 Å². The van der Waals surface area contributed by atoms with Crippen LogP contribution in [0.4, 0.5) is 5.69 Å². The Labute approximate surface area is 198 Å². The second-order valence-corrected chi connectivity index (χ2v) is 10.1. The second-order valence-electron chi connectivity index (χ2n) is 8.44. The molecule has 4 rings (SSSR count). The summed E-state index contributed by atoms with van der Waals surface area (Å²) in [5, 5.41) is 4.90. The molecule has 2 heterocycles. The number of rotatable bonds is 6. The molecule has 0 bridgehead atoms. The quantitative estimate of drug-likeness (QED) is 0.479. The summed E-state index contributed by atoms with van der Waals surface area (Å²) in [6.07, 6.45) is 6.78. The van der Waals surface area contributed by atoms with Crippen LogP contribution in [0, 0.1) is 0 Å². The van der Waals surface area contributed by atoms with Gasteiger partial charge in [-0.3, -0.25) is 0 Å². The van der Waals surface area contributed by atoms with Gasteiger partial charge >= 0.3 is 0 Å². The predicted octanol–water partition coefficient (Wildman–Crippen LogP) is 7.70. The van der Waals surface area contributed by atoms with E-state index in [-0.39, 0.29) is 5.41 Å². The van der Waals surface area contributed by atoms with Crippen LogP contribution in [0.1, 0.15) is 62.0 Å². The summed E-state index contributed by atoms with van der Waals surface area (Å²) >= 11 is 8.20. The van der Waals surface area contributed by atoms with Gasteiger partial charge in [-0.15, -0.1) is 0 Å². The maximum atomic E-state index is 6.30. The van der Waals surface area contributed by atoms with Gasteiger partial charge in [0.1, 0.15) is 0 Å². The highest BCUT2D eigenvalue weighted by Gasteiger charge is 2.44. The molecular formula is C27H37ClN2S. The highest BCUT2D eigenvalue weighted by Crippen LogP contribution is 2.50. The van der Waals surface area contributed by atoms with E-state index in [0.29, 0.717) is 5.25 Å². The molecule has 2 aromatic rings. The maximum Gasteiger partial charge on any atom is 0.0425 e. The summed E-state index contributed by atoms with van der Waals surface area (Å²) < 4.78 is 0. The van der Waals surface area contributed by atoms with Gasteiger partial charge in [-0.05, 0) is 93.4 Å². The largest absolute Gasteiger partial charge is 0.358 e. The molecule has 2 nitrogen and oxygen atoms in total. The molecule has 0 radical (unpaired) electrons. The van der Waals surface area contributed by atoms with Crippen LogP contribution in [0.25, 0.3) is 0 Å². The minimum atomic E-state index is 0.0561. The summed E-state index contributed by atoms with van der Waals surface area (Å²) in [5.41, 5.74) is 6.61. The molecule has 2 aromatic carbocycles. The molecule has 1 spiro atoms. The summed E-state index contributed by atoms with van der Waals surface area (Å²) in [6, 6.07) is 15.4. The molecule has 0 amide bonds. The Morgan fingerprint density at radius 3 is 2.45 bits per heavy atom. The van der Waals surface area contributed by atoms with Gasteiger partial charge in [0.25, 0.3) is 0 Å². The number of thioether (sulfide) groups is 1. The smallest absolute Gasteiger partial charge is 0.0425 e. The molecule has 1 atom stereocenters. The summed E-state index contributed by atoms with van der Waals surface area (Å²) in [6.45, 7) is 14.0. The molecule has 0 aliphatic carbocycles. The second kappa shape index (κ2) is 10.9. The van der Waals surface area contributed by atoms with Crippen LogP contribution in [-0.2, 0) is 11.8 Å². The fourth-order valence-corrected chi connectivity index (χ4v) is 5.40. The number of hydrogen-bond acceptors (Lipinski definition) is 3. The first-order valence-corrected chi connectivity index (χ1v) is 13.3. The van der Waals surface area contributed by atoms with Gasteiger partial charge in [0.2, 0.25) is 0 Å². The lowest BCUT2D eigenvalue weighted by molar-refractivity contribution is 0.179. The number of anilines is 1. The molecule has 2 aliphatic rings. The number of likely N-dealkylation sites (tertiary alicyclic amines) is 1. The monoisotopic (exact) mass is 456 g/mol. The summed E-state index contributed by atoms with van der Waals surface area (Å²) in [4.78, 5) is 2.62. The number of aryl methyl sites for hydroxylation is 1. The number of benzene rings is 2. The fourth-order valence-electron chi connectivity index (χ4n) is 4.79. The number of fused-ring (bicyclic) bond motifs is 2. The Kier molecular flexibility index (Phi) is 8.55. The van der Waals surface area contributed by atoms with Crippen LogP contribution >= 0.6 is 23.4 Å². The Bertz CT molecular complexity index is 869. The first-order chi connectivity index (χ1) is 15.0. The van der Waals surface area contributed by atoms with Crippen molar-refractivity contribution in [1.82, 2.24) is 4.90 Å². The first-order valence-electron chi connectivity index (χ1n) is 11.6. The van der Waals surface area contributed by atoms with Crippen molar-refractivity contribution in [1.29, 1.82) is 0 Å². The van der Waals surface area contributed by atoms with E-state index in [0.717, 1.165) is 43.1 Å². The van der Waals surface area contributed by atoms with E-state index in [4.69, 9.17) is 11.6 Å². The zero-order chi connectivity index (χ0) is 22.4. The molecule has 1 saturated heterocycles. The number of nitrogens with one attached hydrogen (secondary N) is 1.